The first-order valence-corrected chi connectivity index (χ1v) is 7.47. The van der Waals surface area contributed by atoms with Crippen molar-refractivity contribution in [2.75, 3.05) is 17.7 Å². The van der Waals surface area contributed by atoms with Crippen LogP contribution in [0.4, 0.5) is 11.9 Å². The van der Waals surface area contributed by atoms with Gasteiger partial charge in [-0.2, -0.15) is 15.0 Å². The Kier molecular flexibility index (Phi) is 4.98. The van der Waals surface area contributed by atoms with Gasteiger partial charge >= 0.3 is 6.01 Å². The third-order valence-electron chi connectivity index (χ3n) is 3.58. The summed E-state index contributed by atoms with van der Waals surface area (Å²) >= 11 is 0. The fourth-order valence-corrected chi connectivity index (χ4v) is 2.94. The van der Waals surface area contributed by atoms with Crippen molar-refractivity contribution in [2.24, 2.45) is 11.8 Å². The third-order valence-corrected chi connectivity index (χ3v) is 3.58. The molecule has 0 radical (unpaired) electrons. The minimum absolute atomic E-state index is 0.200. The molecule has 1 fully saturated rings. The zero-order valence-electron chi connectivity index (χ0n) is 12.6. The molecule has 3 N–H and O–H groups in total. The lowest BCUT2D eigenvalue weighted by Crippen LogP contribution is -2.31. The van der Waals surface area contributed by atoms with Crippen LogP contribution in [-0.4, -0.2) is 27.6 Å². The monoisotopic (exact) mass is 279 g/mol. The third kappa shape index (κ3) is 4.21. The smallest absolute Gasteiger partial charge is 0.323 e. The highest BCUT2D eigenvalue weighted by Gasteiger charge is 2.24. The van der Waals surface area contributed by atoms with Crippen LogP contribution in [0.15, 0.2) is 0 Å². The Morgan fingerprint density at radius 1 is 1.15 bits per heavy atom. The van der Waals surface area contributed by atoms with Gasteiger partial charge in [-0.15, -0.1) is 0 Å². The predicted molar refractivity (Wildman–Crippen MR) is 79.6 cm³/mol. The van der Waals surface area contributed by atoms with Crippen molar-refractivity contribution in [3.05, 3.63) is 0 Å². The molecule has 1 aromatic heterocycles. The summed E-state index contributed by atoms with van der Waals surface area (Å²) in [6, 6.07) is 0.702. The summed E-state index contributed by atoms with van der Waals surface area (Å²) < 4.78 is 5.43. The van der Waals surface area contributed by atoms with Crippen molar-refractivity contribution >= 4 is 11.9 Å². The van der Waals surface area contributed by atoms with E-state index in [1.165, 1.54) is 6.42 Å². The topological polar surface area (TPSA) is 86.0 Å². The second kappa shape index (κ2) is 6.72. The highest BCUT2D eigenvalue weighted by Crippen LogP contribution is 2.30. The number of nitrogens with two attached hydrogens (primary N) is 1. The SMILES string of the molecule is CCCOc1nc(N)nc(NC2CC(C)CC(C)C2)n1. The summed E-state index contributed by atoms with van der Waals surface area (Å²) in [5.74, 6) is 2.18. The van der Waals surface area contributed by atoms with Gasteiger partial charge in [-0.3, -0.25) is 0 Å². The van der Waals surface area contributed by atoms with E-state index >= 15 is 0 Å². The average Bonchev–Trinajstić information content (AvgIpc) is 2.34. The summed E-state index contributed by atoms with van der Waals surface area (Å²) in [6.07, 6.45) is 4.48. The van der Waals surface area contributed by atoms with Crippen LogP contribution < -0.4 is 15.8 Å². The van der Waals surface area contributed by atoms with Gasteiger partial charge in [0.1, 0.15) is 0 Å². The fourth-order valence-electron chi connectivity index (χ4n) is 2.94. The van der Waals surface area contributed by atoms with Crippen LogP contribution >= 0.6 is 0 Å². The first-order chi connectivity index (χ1) is 9.56. The number of nitrogens with one attached hydrogen (secondary N) is 1. The maximum Gasteiger partial charge on any atom is 0.323 e. The molecule has 0 aliphatic heterocycles. The van der Waals surface area contributed by atoms with Gasteiger partial charge in [0.25, 0.3) is 0 Å². The molecule has 0 bridgehead atoms. The van der Waals surface area contributed by atoms with Gasteiger partial charge in [-0.1, -0.05) is 20.8 Å². The molecular weight excluding hydrogens is 254 g/mol. The molecule has 2 rings (SSSR count). The summed E-state index contributed by atoms with van der Waals surface area (Å²) in [5.41, 5.74) is 5.71. The number of nitrogens with zero attached hydrogens (tertiary/aromatic N) is 3. The summed E-state index contributed by atoms with van der Waals surface area (Å²) in [6.45, 7) is 7.21. The molecule has 6 heteroatoms. The minimum Gasteiger partial charge on any atom is -0.463 e. The number of nitrogen functional groups attached to an aromatic ring is 1. The molecule has 20 heavy (non-hydrogen) atoms. The molecule has 0 saturated heterocycles. The van der Waals surface area contributed by atoms with Crippen LogP contribution in [0, 0.1) is 11.8 Å². The Balaban J connectivity index is 2.02. The van der Waals surface area contributed by atoms with Gasteiger partial charge < -0.3 is 15.8 Å². The fraction of sp³-hybridized carbons (Fsp3) is 0.786. The van der Waals surface area contributed by atoms with Crippen LogP contribution in [0.2, 0.25) is 0 Å². The Bertz CT molecular complexity index is 430. The van der Waals surface area contributed by atoms with E-state index in [2.05, 4.69) is 34.1 Å². The molecule has 0 amide bonds. The van der Waals surface area contributed by atoms with Crippen LogP contribution in [0.1, 0.15) is 46.5 Å². The molecule has 1 aliphatic carbocycles. The second-order valence-electron chi connectivity index (χ2n) is 5.91. The zero-order valence-corrected chi connectivity index (χ0v) is 12.6. The molecular formula is C14H25N5O. The Labute approximate surface area is 120 Å². The number of anilines is 2. The number of aromatic nitrogens is 3. The minimum atomic E-state index is 0.200. The largest absolute Gasteiger partial charge is 0.463 e. The first kappa shape index (κ1) is 14.8. The molecule has 1 aliphatic rings. The van der Waals surface area contributed by atoms with E-state index in [1.54, 1.807) is 0 Å². The van der Waals surface area contributed by atoms with E-state index in [4.69, 9.17) is 10.5 Å². The van der Waals surface area contributed by atoms with E-state index in [1.807, 2.05) is 6.92 Å². The van der Waals surface area contributed by atoms with Crippen molar-refractivity contribution in [3.63, 3.8) is 0 Å². The molecule has 0 spiro atoms. The summed E-state index contributed by atoms with van der Waals surface area (Å²) in [4.78, 5) is 12.4. The van der Waals surface area contributed by atoms with Crippen LogP contribution in [0.3, 0.4) is 0 Å². The number of hydrogen-bond acceptors (Lipinski definition) is 6. The highest BCUT2D eigenvalue weighted by molar-refractivity contribution is 5.33. The molecule has 112 valence electrons. The van der Waals surface area contributed by atoms with E-state index in [0.717, 1.165) is 31.1 Å². The van der Waals surface area contributed by atoms with Crippen molar-refractivity contribution < 1.29 is 4.74 Å². The van der Waals surface area contributed by atoms with Gasteiger partial charge in [0.2, 0.25) is 11.9 Å². The summed E-state index contributed by atoms with van der Waals surface area (Å²) in [5, 5.41) is 3.38. The lowest BCUT2D eigenvalue weighted by Gasteiger charge is -2.31. The van der Waals surface area contributed by atoms with Crippen molar-refractivity contribution in [3.8, 4) is 6.01 Å². The maximum atomic E-state index is 5.71. The van der Waals surface area contributed by atoms with Crippen molar-refractivity contribution in [1.29, 1.82) is 0 Å². The van der Waals surface area contributed by atoms with Gasteiger partial charge in [-0.05, 0) is 37.5 Å². The van der Waals surface area contributed by atoms with Gasteiger partial charge in [0.05, 0.1) is 6.61 Å². The van der Waals surface area contributed by atoms with Crippen LogP contribution in [-0.2, 0) is 0 Å². The van der Waals surface area contributed by atoms with E-state index in [0.29, 0.717) is 24.6 Å². The maximum absolute atomic E-state index is 5.71. The molecule has 0 aromatic carbocycles. The van der Waals surface area contributed by atoms with Crippen LogP contribution in [0.5, 0.6) is 6.01 Å². The highest BCUT2D eigenvalue weighted by atomic mass is 16.5. The molecule has 1 saturated carbocycles. The number of ether oxygens (including phenoxy) is 1. The van der Waals surface area contributed by atoms with Gasteiger partial charge in [0.15, 0.2) is 0 Å². The zero-order chi connectivity index (χ0) is 14.5. The molecule has 2 atom stereocenters. The normalized spacial score (nSPS) is 26.2. The Morgan fingerprint density at radius 2 is 1.85 bits per heavy atom. The average molecular weight is 279 g/mol. The second-order valence-corrected chi connectivity index (χ2v) is 5.91. The van der Waals surface area contributed by atoms with Gasteiger partial charge in [-0.25, -0.2) is 0 Å². The van der Waals surface area contributed by atoms with E-state index < -0.39 is 0 Å². The molecule has 2 unspecified atom stereocenters. The first-order valence-electron chi connectivity index (χ1n) is 7.47. The number of rotatable bonds is 5. The molecule has 6 nitrogen and oxygen atoms in total. The standard InChI is InChI=1S/C14H25N5O/c1-4-5-20-14-18-12(15)17-13(19-14)16-11-7-9(2)6-10(3)8-11/h9-11H,4-8H2,1-3H3,(H3,15,16,17,18,19). The molecule has 1 aromatic rings. The summed E-state index contributed by atoms with van der Waals surface area (Å²) in [7, 11) is 0. The van der Waals surface area contributed by atoms with Crippen molar-refractivity contribution in [1.82, 2.24) is 15.0 Å². The van der Waals surface area contributed by atoms with E-state index in [-0.39, 0.29) is 5.95 Å². The van der Waals surface area contributed by atoms with Crippen molar-refractivity contribution in [2.45, 2.75) is 52.5 Å². The van der Waals surface area contributed by atoms with Crippen LogP contribution in [0.25, 0.3) is 0 Å². The lowest BCUT2D eigenvalue weighted by molar-refractivity contribution is 0.278. The van der Waals surface area contributed by atoms with E-state index in [9.17, 15) is 0 Å². The van der Waals surface area contributed by atoms with Gasteiger partial charge in [0, 0.05) is 6.04 Å². The predicted octanol–water partition coefficient (Wildman–Crippen LogP) is 2.48. The lowest BCUT2D eigenvalue weighted by atomic mass is 9.80. The Hall–Kier alpha value is -1.59. The Morgan fingerprint density at radius 3 is 2.50 bits per heavy atom. The molecule has 1 heterocycles. The quantitative estimate of drug-likeness (QED) is 0.861. The number of hydrogen-bond donors (Lipinski definition) is 2.